The van der Waals surface area contributed by atoms with Crippen LogP contribution in [0, 0.1) is 0 Å². The lowest BCUT2D eigenvalue weighted by atomic mass is 9.97. The van der Waals surface area contributed by atoms with E-state index < -0.39 is 17.8 Å². The molecule has 0 aliphatic carbocycles. The second-order valence-electron chi connectivity index (χ2n) is 7.41. The molecule has 0 atom stereocenters. The van der Waals surface area contributed by atoms with E-state index in [1.54, 1.807) is 18.3 Å². The molecule has 0 aliphatic rings. The maximum atomic E-state index is 13.2. The van der Waals surface area contributed by atoms with Crippen LogP contribution in [-0.2, 0) is 25.6 Å². The van der Waals surface area contributed by atoms with Gasteiger partial charge in [-0.05, 0) is 53.8 Å². The number of H-pyrrole nitrogens is 1. The molecule has 1 heterocycles. The van der Waals surface area contributed by atoms with Crippen LogP contribution >= 0.6 is 0 Å². The number of aryl methyl sites for hydroxylation is 2. The molecule has 164 valence electrons. The minimum atomic E-state index is -4.42. The number of carbonyl (C=O) groups excluding carboxylic acids is 1. The van der Waals surface area contributed by atoms with Crippen molar-refractivity contribution in [1.82, 2.24) is 15.5 Å². The highest BCUT2D eigenvalue weighted by molar-refractivity contribution is 6.00. The molecule has 0 fully saturated rings. The van der Waals surface area contributed by atoms with Crippen LogP contribution in [0.5, 0.6) is 0 Å². The number of hydrogen-bond donors (Lipinski definition) is 3. The zero-order valence-electron chi connectivity index (χ0n) is 17.0. The summed E-state index contributed by atoms with van der Waals surface area (Å²) in [4.78, 5) is 12.4. The number of aromatic amines is 1. The minimum Gasteiger partial charge on any atom is -0.334 e. The summed E-state index contributed by atoms with van der Waals surface area (Å²) in [5, 5.41) is 13.1. The molecule has 0 saturated carbocycles. The molecule has 4 aromatic rings. The van der Waals surface area contributed by atoms with Crippen molar-refractivity contribution >= 4 is 22.6 Å². The predicted molar refractivity (Wildman–Crippen MR) is 117 cm³/mol. The van der Waals surface area contributed by atoms with E-state index in [2.05, 4.69) is 20.8 Å². The molecule has 8 heteroatoms. The molecule has 0 saturated heterocycles. The number of benzene rings is 3. The van der Waals surface area contributed by atoms with Crippen molar-refractivity contribution in [2.75, 3.05) is 5.32 Å². The summed E-state index contributed by atoms with van der Waals surface area (Å²) in [6, 6.07) is 18.1. The topological polar surface area (TPSA) is 69.8 Å². The van der Waals surface area contributed by atoms with Gasteiger partial charge in [-0.3, -0.25) is 5.10 Å². The third kappa shape index (κ3) is 5.08. The average Bonchev–Trinajstić information content (AvgIpc) is 3.26. The summed E-state index contributed by atoms with van der Waals surface area (Å²) in [6.45, 7) is 0.107. The van der Waals surface area contributed by atoms with Gasteiger partial charge in [0, 0.05) is 11.9 Å². The van der Waals surface area contributed by atoms with Crippen molar-refractivity contribution in [2.45, 2.75) is 25.6 Å². The SMILES string of the molecule is O=C(NCc1ccc(C(F)(F)F)cc1CCc1ccccc1)Nc1cccc2[nH]ncc12. The first-order valence-electron chi connectivity index (χ1n) is 10.1. The standard InChI is InChI=1S/C24H21F3N4O/c25-24(26,27)19-12-11-18(17(13-19)10-9-16-5-2-1-3-6-16)14-28-23(32)30-21-7-4-8-22-20(21)15-29-31-22/h1-8,11-13,15H,9-10,14H2,(H,29,31)(H2,28,30,32). The number of aromatic nitrogens is 2. The Kier molecular flexibility index (Phi) is 6.11. The second-order valence-corrected chi connectivity index (χ2v) is 7.41. The molecule has 4 rings (SSSR count). The lowest BCUT2D eigenvalue weighted by Gasteiger charge is -2.15. The quantitative estimate of drug-likeness (QED) is 0.362. The Bertz CT molecular complexity index is 1220. The summed E-state index contributed by atoms with van der Waals surface area (Å²) < 4.78 is 39.7. The largest absolute Gasteiger partial charge is 0.416 e. The van der Waals surface area contributed by atoms with Gasteiger partial charge in [-0.15, -0.1) is 0 Å². The van der Waals surface area contributed by atoms with E-state index >= 15 is 0 Å². The number of nitrogens with zero attached hydrogens (tertiary/aromatic N) is 1. The van der Waals surface area contributed by atoms with E-state index in [0.29, 0.717) is 29.7 Å². The fourth-order valence-corrected chi connectivity index (χ4v) is 3.55. The Morgan fingerprint density at radius 1 is 0.938 bits per heavy atom. The number of halogens is 3. The van der Waals surface area contributed by atoms with E-state index in [9.17, 15) is 18.0 Å². The van der Waals surface area contributed by atoms with Crippen LogP contribution in [0.15, 0.2) is 72.9 Å². The molecule has 0 spiro atoms. The van der Waals surface area contributed by atoms with Crippen LogP contribution in [0.25, 0.3) is 10.9 Å². The summed E-state index contributed by atoms with van der Waals surface area (Å²) in [5.74, 6) is 0. The number of alkyl halides is 3. The van der Waals surface area contributed by atoms with Gasteiger partial charge in [0.05, 0.1) is 23.0 Å². The molecular formula is C24H21F3N4O. The van der Waals surface area contributed by atoms with Gasteiger partial charge in [-0.1, -0.05) is 42.5 Å². The molecule has 3 N–H and O–H groups in total. The maximum absolute atomic E-state index is 13.2. The van der Waals surface area contributed by atoms with Crippen molar-refractivity contribution in [3.8, 4) is 0 Å². The molecule has 2 amide bonds. The third-order valence-corrected chi connectivity index (χ3v) is 5.23. The first-order chi connectivity index (χ1) is 15.4. The van der Waals surface area contributed by atoms with E-state index in [1.165, 1.54) is 12.1 Å². The lowest BCUT2D eigenvalue weighted by molar-refractivity contribution is -0.137. The van der Waals surface area contributed by atoms with Gasteiger partial charge in [0.25, 0.3) is 0 Å². The highest BCUT2D eigenvalue weighted by Crippen LogP contribution is 2.31. The smallest absolute Gasteiger partial charge is 0.334 e. The van der Waals surface area contributed by atoms with Gasteiger partial charge in [0.1, 0.15) is 0 Å². The molecule has 0 unspecified atom stereocenters. The Hall–Kier alpha value is -3.81. The highest BCUT2D eigenvalue weighted by atomic mass is 19.4. The van der Waals surface area contributed by atoms with Crippen LogP contribution in [0.3, 0.4) is 0 Å². The molecule has 0 bridgehead atoms. The molecule has 3 aromatic carbocycles. The Labute approximate surface area is 182 Å². The van der Waals surface area contributed by atoms with E-state index in [1.807, 2.05) is 36.4 Å². The average molecular weight is 438 g/mol. The van der Waals surface area contributed by atoms with Gasteiger partial charge in [0.2, 0.25) is 0 Å². The summed E-state index contributed by atoms with van der Waals surface area (Å²) in [5.41, 5.74) is 2.92. The zero-order valence-corrected chi connectivity index (χ0v) is 17.0. The van der Waals surface area contributed by atoms with Gasteiger partial charge in [-0.2, -0.15) is 18.3 Å². The third-order valence-electron chi connectivity index (χ3n) is 5.23. The lowest BCUT2D eigenvalue weighted by Crippen LogP contribution is -2.28. The fourth-order valence-electron chi connectivity index (χ4n) is 3.55. The first kappa shape index (κ1) is 21.4. The number of amides is 2. The summed E-state index contributed by atoms with van der Waals surface area (Å²) in [7, 11) is 0. The molecule has 5 nitrogen and oxygen atoms in total. The van der Waals surface area contributed by atoms with Crippen LogP contribution in [0.2, 0.25) is 0 Å². The molecular weight excluding hydrogens is 417 g/mol. The highest BCUT2D eigenvalue weighted by Gasteiger charge is 2.30. The number of fused-ring (bicyclic) bond motifs is 1. The minimum absolute atomic E-state index is 0.107. The number of carbonyl (C=O) groups is 1. The van der Waals surface area contributed by atoms with Crippen molar-refractivity contribution in [3.05, 3.63) is 95.2 Å². The van der Waals surface area contributed by atoms with Crippen LogP contribution in [0.4, 0.5) is 23.7 Å². The van der Waals surface area contributed by atoms with Gasteiger partial charge in [0.15, 0.2) is 0 Å². The van der Waals surface area contributed by atoms with Crippen LogP contribution < -0.4 is 10.6 Å². The Morgan fingerprint density at radius 2 is 1.75 bits per heavy atom. The molecule has 0 aliphatic heterocycles. The summed E-state index contributed by atoms with van der Waals surface area (Å²) in [6.07, 6.45) is -1.78. The van der Waals surface area contributed by atoms with Crippen molar-refractivity contribution in [3.63, 3.8) is 0 Å². The van der Waals surface area contributed by atoms with Crippen molar-refractivity contribution in [1.29, 1.82) is 0 Å². The molecule has 32 heavy (non-hydrogen) atoms. The number of rotatable bonds is 6. The molecule has 0 radical (unpaired) electrons. The van der Waals surface area contributed by atoms with Gasteiger partial charge < -0.3 is 10.6 Å². The van der Waals surface area contributed by atoms with Crippen molar-refractivity contribution in [2.24, 2.45) is 0 Å². The Morgan fingerprint density at radius 3 is 2.53 bits per heavy atom. The summed E-state index contributed by atoms with van der Waals surface area (Å²) >= 11 is 0. The van der Waals surface area contributed by atoms with Gasteiger partial charge in [-0.25, -0.2) is 4.79 Å². The predicted octanol–water partition coefficient (Wildman–Crippen LogP) is 5.69. The van der Waals surface area contributed by atoms with Crippen molar-refractivity contribution < 1.29 is 18.0 Å². The second kappa shape index (κ2) is 9.13. The maximum Gasteiger partial charge on any atom is 0.416 e. The Balaban J connectivity index is 1.47. The van der Waals surface area contributed by atoms with Crippen LogP contribution in [0.1, 0.15) is 22.3 Å². The number of urea groups is 1. The number of hydrogen-bond acceptors (Lipinski definition) is 2. The first-order valence-corrected chi connectivity index (χ1v) is 10.1. The normalized spacial score (nSPS) is 11.5. The van der Waals surface area contributed by atoms with E-state index in [4.69, 9.17) is 0 Å². The number of anilines is 1. The molecule has 1 aromatic heterocycles. The van der Waals surface area contributed by atoms with E-state index in [0.717, 1.165) is 22.5 Å². The fraction of sp³-hybridized carbons (Fsp3) is 0.167. The zero-order chi connectivity index (χ0) is 22.6. The number of nitrogens with one attached hydrogen (secondary N) is 3. The van der Waals surface area contributed by atoms with E-state index in [-0.39, 0.29) is 6.54 Å². The van der Waals surface area contributed by atoms with Crippen LogP contribution in [-0.4, -0.2) is 16.2 Å². The monoisotopic (exact) mass is 438 g/mol. The van der Waals surface area contributed by atoms with Gasteiger partial charge >= 0.3 is 12.2 Å².